The molecule has 0 unspecified atom stereocenters. The number of benzene rings is 1. The number of rotatable bonds is 5. The molecular formula is C16H15N3S. The van der Waals surface area contributed by atoms with Crippen LogP contribution in [0.5, 0.6) is 0 Å². The predicted molar refractivity (Wildman–Crippen MR) is 82.3 cm³/mol. The Kier molecular flexibility index (Phi) is 4.16. The fourth-order valence-electron chi connectivity index (χ4n) is 1.93. The van der Waals surface area contributed by atoms with E-state index in [1.807, 2.05) is 36.7 Å². The lowest BCUT2D eigenvalue weighted by atomic mass is 10.2. The molecule has 3 rings (SSSR count). The Labute approximate surface area is 122 Å². The van der Waals surface area contributed by atoms with Crippen molar-refractivity contribution in [1.82, 2.24) is 15.3 Å². The van der Waals surface area contributed by atoms with Gasteiger partial charge in [-0.15, -0.1) is 11.3 Å². The first kappa shape index (κ1) is 13.0. The van der Waals surface area contributed by atoms with Crippen LogP contribution in [0.25, 0.3) is 10.6 Å². The third kappa shape index (κ3) is 3.29. The summed E-state index contributed by atoms with van der Waals surface area (Å²) in [5, 5.41) is 4.50. The highest BCUT2D eigenvalue weighted by molar-refractivity contribution is 7.15. The van der Waals surface area contributed by atoms with Gasteiger partial charge in [-0.2, -0.15) is 0 Å². The summed E-state index contributed by atoms with van der Waals surface area (Å²) in [5.74, 6) is 0. The fraction of sp³-hybridized carbons (Fsp3) is 0.125. The highest BCUT2D eigenvalue weighted by Gasteiger charge is 2.04. The molecule has 0 atom stereocenters. The first-order valence-electron chi connectivity index (χ1n) is 6.52. The molecule has 3 aromatic rings. The molecule has 0 radical (unpaired) electrons. The molecule has 4 heteroatoms. The van der Waals surface area contributed by atoms with E-state index in [9.17, 15) is 0 Å². The molecular weight excluding hydrogens is 266 g/mol. The minimum atomic E-state index is 0.784. The Bertz CT molecular complexity index is 650. The van der Waals surface area contributed by atoms with E-state index in [4.69, 9.17) is 0 Å². The predicted octanol–water partition coefficient (Wildman–Crippen LogP) is 3.49. The van der Waals surface area contributed by atoms with Crippen molar-refractivity contribution >= 4 is 11.3 Å². The van der Waals surface area contributed by atoms with Crippen LogP contribution in [0.4, 0.5) is 0 Å². The number of pyridine rings is 1. The van der Waals surface area contributed by atoms with E-state index in [0.717, 1.165) is 28.7 Å². The summed E-state index contributed by atoms with van der Waals surface area (Å²) in [7, 11) is 0. The number of hydrogen-bond acceptors (Lipinski definition) is 4. The molecule has 1 aromatic carbocycles. The van der Waals surface area contributed by atoms with Crippen molar-refractivity contribution < 1.29 is 0 Å². The number of nitrogens with zero attached hydrogens (tertiary/aromatic N) is 2. The third-order valence-electron chi connectivity index (χ3n) is 2.92. The molecule has 0 aliphatic heterocycles. The molecule has 2 heterocycles. The maximum Gasteiger partial charge on any atom is 0.107 e. The lowest BCUT2D eigenvalue weighted by Crippen LogP contribution is -2.12. The molecule has 0 bridgehead atoms. The topological polar surface area (TPSA) is 37.8 Å². The van der Waals surface area contributed by atoms with Gasteiger partial charge in [0.25, 0.3) is 0 Å². The lowest BCUT2D eigenvalue weighted by molar-refractivity contribution is 0.690. The van der Waals surface area contributed by atoms with Crippen LogP contribution in [0.2, 0.25) is 0 Å². The van der Waals surface area contributed by atoms with Crippen LogP contribution >= 0.6 is 11.3 Å². The molecule has 0 aliphatic rings. The Morgan fingerprint density at radius 1 is 0.900 bits per heavy atom. The monoisotopic (exact) mass is 281 g/mol. The van der Waals surface area contributed by atoms with E-state index >= 15 is 0 Å². The molecule has 0 saturated heterocycles. The summed E-state index contributed by atoms with van der Waals surface area (Å²) in [4.78, 5) is 9.89. The molecule has 1 N–H and O–H groups in total. The molecule has 0 fully saturated rings. The molecule has 0 saturated carbocycles. The van der Waals surface area contributed by atoms with Gasteiger partial charge in [0.05, 0.1) is 10.6 Å². The fourth-order valence-corrected chi connectivity index (χ4v) is 2.79. The highest BCUT2D eigenvalue weighted by atomic mass is 32.1. The second-order valence-electron chi connectivity index (χ2n) is 4.42. The van der Waals surface area contributed by atoms with Gasteiger partial charge >= 0.3 is 0 Å². The average Bonchev–Trinajstić information content (AvgIpc) is 2.98. The van der Waals surface area contributed by atoms with E-state index in [0.29, 0.717) is 0 Å². The van der Waals surface area contributed by atoms with Gasteiger partial charge < -0.3 is 5.32 Å². The van der Waals surface area contributed by atoms with Crippen LogP contribution in [-0.2, 0) is 13.1 Å². The Morgan fingerprint density at radius 3 is 2.55 bits per heavy atom. The van der Waals surface area contributed by atoms with Gasteiger partial charge in [-0.1, -0.05) is 36.4 Å². The second kappa shape index (κ2) is 6.41. The summed E-state index contributed by atoms with van der Waals surface area (Å²) >= 11 is 1.69. The Morgan fingerprint density at radius 2 is 1.75 bits per heavy atom. The van der Waals surface area contributed by atoms with Crippen LogP contribution in [-0.4, -0.2) is 9.97 Å². The Hall–Kier alpha value is -2.04. The maximum atomic E-state index is 4.44. The summed E-state index contributed by atoms with van der Waals surface area (Å²) in [5.41, 5.74) is 2.27. The third-order valence-corrected chi connectivity index (χ3v) is 3.94. The zero-order chi connectivity index (χ0) is 13.6. The number of nitrogens with one attached hydrogen (secondary N) is 1. The lowest BCUT2D eigenvalue weighted by Gasteiger charge is -2.02. The van der Waals surface area contributed by atoms with Gasteiger partial charge in [-0.3, -0.25) is 4.98 Å². The molecule has 0 spiro atoms. The Balaban J connectivity index is 1.58. The smallest absolute Gasteiger partial charge is 0.107 e. The van der Waals surface area contributed by atoms with Crippen molar-refractivity contribution in [2.75, 3.05) is 0 Å². The minimum Gasteiger partial charge on any atom is -0.306 e. The standard InChI is InChI=1S/C16H15N3S/c1-2-6-13(7-3-1)10-17-12-16-19-11-15(20-16)14-8-4-5-9-18-14/h1-9,11,17H,10,12H2. The van der Waals surface area contributed by atoms with Gasteiger partial charge in [0.15, 0.2) is 0 Å². The molecule has 0 amide bonds. The highest BCUT2D eigenvalue weighted by Crippen LogP contribution is 2.23. The minimum absolute atomic E-state index is 0.784. The summed E-state index contributed by atoms with van der Waals surface area (Å²) in [6, 6.07) is 16.3. The van der Waals surface area contributed by atoms with Crippen LogP contribution in [0.3, 0.4) is 0 Å². The second-order valence-corrected chi connectivity index (χ2v) is 5.54. The van der Waals surface area contributed by atoms with Crippen molar-refractivity contribution in [2.24, 2.45) is 0 Å². The summed E-state index contributed by atoms with van der Waals surface area (Å²) in [6.45, 7) is 1.64. The van der Waals surface area contributed by atoms with Crippen molar-refractivity contribution in [2.45, 2.75) is 13.1 Å². The number of thiazole rings is 1. The van der Waals surface area contributed by atoms with Crippen molar-refractivity contribution in [3.05, 3.63) is 71.5 Å². The van der Waals surface area contributed by atoms with Crippen molar-refractivity contribution in [3.63, 3.8) is 0 Å². The van der Waals surface area contributed by atoms with Crippen LogP contribution in [0.15, 0.2) is 60.9 Å². The van der Waals surface area contributed by atoms with Gasteiger partial charge in [0.2, 0.25) is 0 Å². The quantitative estimate of drug-likeness (QED) is 0.778. The van der Waals surface area contributed by atoms with Gasteiger partial charge in [0, 0.05) is 25.5 Å². The molecule has 3 nitrogen and oxygen atoms in total. The number of aromatic nitrogens is 2. The molecule has 100 valence electrons. The molecule has 0 aliphatic carbocycles. The largest absolute Gasteiger partial charge is 0.306 e. The van der Waals surface area contributed by atoms with Gasteiger partial charge in [0.1, 0.15) is 5.01 Å². The van der Waals surface area contributed by atoms with E-state index in [2.05, 4.69) is 39.6 Å². The van der Waals surface area contributed by atoms with Crippen LogP contribution < -0.4 is 5.32 Å². The average molecular weight is 281 g/mol. The van der Waals surface area contributed by atoms with E-state index in [-0.39, 0.29) is 0 Å². The first-order chi connectivity index (χ1) is 9.92. The molecule has 20 heavy (non-hydrogen) atoms. The van der Waals surface area contributed by atoms with Crippen molar-refractivity contribution in [3.8, 4) is 10.6 Å². The molecule has 2 aromatic heterocycles. The van der Waals surface area contributed by atoms with Gasteiger partial charge in [-0.25, -0.2) is 4.98 Å². The van der Waals surface area contributed by atoms with Crippen molar-refractivity contribution in [1.29, 1.82) is 0 Å². The normalized spacial score (nSPS) is 10.6. The number of hydrogen-bond donors (Lipinski definition) is 1. The van der Waals surface area contributed by atoms with E-state index < -0.39 is 0 Å². The first-order valence-corrected chi connectivity index (χ1v) is 7.34. The zero-order valence-electron chi connectivity index (χ0n) is 11.0. The van der Waals surface area contributed by atoms with Gasteiger partial charge in [-0.05, 0) is 17.7 Å². The van der Waals surface area contributed by atoms with E-state index in [1.165, 1.54) is 5.56 Å². The van der Waals surface area contributed by atoms with Crippen LogP contribution in [0.1, 0.15) is 10.6 Å². The van der Waals surface area contributed by atoms with Crippen LogP contribution in [0, 0.1) is 0 Å². The van der Waals surface area contributed by atoms with E-state index in [1.54, 1.807) is 11.3 Å². The SMILES string of the molecule is c1ccc(CNCc2ncc(-c3ccccn3)s2)cc1. The summed E-state index contributed by atoms with van der Waals surface area (Å²) in [6.07, 6.45) is 3.70. The maximum absolute atomic E-state index is 4.44. The summed E-state index contributed by atoms with van der Waals surface area (Å²) < 4.78 is 0. The zero-order valence-corrected chi connectivity index (χ0v) is 11.8.